The Morgan fingerprint density at radius 2 is 2.12 bits per heavy atom. The molecule has 126 valence electrons. The summed E-state index contributed by atoms with van der Waals surface area (Å²) in [5, 5.41) is 27.9. The van der Waals surface area contributed by atoms with E-state index in [1.54, 1.807) is 4.80 Å². The number of aliphatic hydroxyl groups excluding tert-OH is 1. The second-order valence-electron chi connectivity index (χ2n) is 6.35. The van der Waals surface area contributed by atoms with Gasteiger partial charge in [-0.05, 0) is 56.7 Å². The van der Waals surface area contributed by atoms with E-state index in [4.69, 9.17) is 0 Å². The third-order valence-corrected chi connectivity index (χ3v) is 4.85. The Hall–Kier alpha value is -2.39. The molecule has 0 aliphatic carbocycles. The van der Waals surface area contributed by atoms with E-state index in [0.717, 1.165) is 37.1 Å². The molecule has 0 amide bonds. The summed E-state index contributed by atoms with van der Waals surface area (Å²) in [7, 11) is 0. The van der Waals surface area contributed by atoms with Gasteiger partial charge in [0.15, 0.2) is 5.82 Å². The standard InChI is InChI=1S/C18H23N5O/c1-13-6-5-8-17(14(13)2)23-20-16(12-19)18(21-23)22-10-4-3-7-15(22)9-11-24/h5-6,8,15,24H,3-4,7,9-11H2,1-2H3. The Morgan fingerprint density at radius 3 is 2.88 bits per heavy atom. The van der Waals surface area contributed by atoms with Gasteiger partial charge in [0.1, 0.15) is 6.07 Å². The molecule has 0 saturated carbocycles. The minimum atomic E-state index is 0.147. The first-order valence-corrected chi connectivity index (χ1v) is 8.47. The van der Waals surface area contributed by atoms with Crippen molar-refractivity contribution in [1.82, 2.24) is 15.0 Å². The Balaban J connectivity index is 2.02. The summed E-state index contributed by atoms with van der Waals surface area (Å²) in [6, 6.07) is 8.40. The fourth-order valence-corrected chi connectivity index (χ4v) is 3.35. The van der Waals surface area contributed by atoms with Gasteiger partial charge in [-0.2, -0.15) is 5.26 Å². The molecule has 24 heavy (non-hydrogen) atoms. The van der Waals surface area contributed by atoms with Gasteiger partial charge in [0, 0.05) is 19.2 Å². The number of piperidine rings is 1. The molecule has 1 aliphatic heterocycles. The van der Waals surface area contributed by atoms with Crippen LogP contribution in [0.25, 0.3) is 5.69 Å². The lowest BCUT2D eigenvalue weighted by molar-refractivity contribution is 0.262. The number of hydrogen-bond donors (Lipinski definition) is 1. The average molecular weight is 325 g/mol. The molecule has 0 bridgehead atoms. The van der Waals surface area contributed by atoms with Gasteiger partial charge in [0.25, 0.3) is 0 Å². The molecule has 0 radical (unpaired) electrons. The lowest BCUT2D eigenvalue weighted by Gasteiger charge is -2.35. The van der Waals surface area contributed by atoms with Gasteiger partial charge in [-0.25, -0.2) is 0 Å². The van der Waals surface area contributed by atoms with Crippen molar-refractivity contribution in [2.24, 2.45) is 0 Å². The van der Waals surface area contributed by atoms with Crippen molar-refractivity contribution in [2.75, 3.05) is 18.1 Å². The molecule has 1 unspecified atom stereocenters. The molecule has 1 N–H and O–H groups in total. The summed E-state index contributed by atoms with van der Waals surface area (Å²) in [4.78, 5) is 3.72. The maximum absolute atomic E-state index is 9.51. The number of nitrogens with zero attached hydrogens (tertiary/aromatic N) is 5. The van der Waals surface area contributed by atoms with Crippen molar-refractivity contribution in [3.63, 3.8) is 0 Å². The van der Waals surface area contributed by atoms with Gasteiger partial charge in [-0.15, -0.1) is 15.0 Å². The molecular formula is C18H23N5O. The van der Waals surface area contributed by atoms with E-state index in [1.165, 1.54) is 5.56 Å². The van der Waals surface area contributed by atoms with Gasteiger partial charge in [-0.1, -0.05) is 12.1 Å². The molecule has 6 nitrogen and oxygen atoms in total. The fraction of sp³-hybridized carbons (Fsp3) is 0.500. The number of aryl methyl sites for hydroxylation is 1. The first kappa shape index (κ1) is 16.5. The summed E-state index contributed by atoms with van der Waals surface area (Å²) < 4.78 is 0. The van der Waals surface area contributed by atoms with Crippen LogP contribution in [0.1, 0.15) is 42.5 Å². The highest BCUT2D eigenvalue weighted by atomic mass is 16.3. The van der Waals surface area contributed by atoms with E-state index in [2.05, 4.69) is 34.2 Å². The van der Waals surface area contributed by atoms with Gasteiger partial charge < -0.3 is 10.0 Å². The van der Waals surface area contributed by atoms with Crippen LogP contribution in [0.15, 0.2) is 18.2 Å². The van der Waals surface area contributed by atoms with Crippen LogP contribution in [-0.4, -0.2) is 39.3 Å². The molecule has 3 rings (SSSR count). The van der Waals surface area contributed by atoms with Crippen LogP contribution in [0.4, 0.5) is 5.82 Å². The first-order valence-electron chi connectivity index (χ1n) is 8.47. The minimum Gasteiger partial charge on any atom is -0.396 e. The van der Waals surface area contributed by atoms with Crippen molar-refractivity contribution >= 4 is 5.82 Å². The molecule has 1 aliphatic rings. The van der Waals surface area contributed by atoms with Gasteiger partial charge in [0.05, 0.1) is 5.69 Å². The highest BCUT2D eigenvalue weighted by Crippen LogP contribution is 2.28. The third kappa shape index (κ3) is 3.00. The zero-order valence-electron chi connectivity index (χ0n) is 14.2. The maximum Gasteiger partial charge on any atom is 0.207 e. The second-order valence-corrected chi connectivity index (χ2v) is 6.35. The monoisotopic (exact) mass is 325 g/mol. The van der Waals surface area contributed by atoms with E-state index in [-0.39, 0.29) is 12.6 Å². The molecular weight excluding hydrogens is 302 g/mol. The highest BCUT2D eigenvalue weighted by Gasteiger charge is 2.27. The van der Waals surface area contributed by atoms with Crippen molar-refractivity contribution in [3.8, 4) is 11.8 Å². The summed E-state index contributed by atoms with van der Waals surface area (Å²) in [6.45, 7) is 5.09. The molecule has 6 heteroatoms. The quantitative estimate of drug-likeness (QED) is 0.934. The smallest absolute Gasteiger partial charge is 0.207 e. The summed E-state index contributed by atoms with van der Waals surface area (Å²) in [5.41, 5.74) is 3.52. The Morgan fingerprint density at radius 1 is 1.29 bits per heavy atom. The number of anilines is 1. The summed E-state index contributed by atoms with van der Waals surface area (Å²) in [6.07, 6.45) is 3.93. The van der Waals surface area contributed by atoms with Crippen LogP contribution in [0, 0.1) is 25.2 Å². The lowest BCUT2D eigenvalue weighted by Crippen LogP contribution is -2.40. The van der Waals surface area contributed by atoms with Crippen LogP contribution >= 0.6 is 0 Å². The highest BCUT2D eigenvalue weighted by molar-refractivity contribution is 5.52. The zero-order valence-corrected chi connectivity index (χ0v) is 14.2. The molecule has 1 aromatic heterocycles. The predicted octanol–water partition coefficient (Wildman–Crippen LogP) is 2.50. The van der Waals surface area contributed by atoms with Crippen molar-refractivity contribution < 1.29 is 5.11 Å². The largest absolute Gasteiger partial charge is 0.396 e. The van der Waals surface area contributed by atoms with E-state index in [9.17, 15) is 10.4 Å². The van der Waals surface area contributed by atoms with Gasteiger partial charge >= 0.3 is 0 Å². The SMILES string of the molecule is Cc1cccc(-n2nc(C#N)c(N3CCCCC3CCO)n2)c1C. The van der Waals surface area contributed by atoms with Crippen LogP contribution in [0.3, 0.4) is 0 Å². The maximum atomic E-state index is 9.51. The summed E-state index contributed by atoms with van der Waals surface area (Å²) >= 11 is 0. The molecule has 2 heterocycles. The molecule has 2 aromatic rings. The number of hydrogen-bond acceptors (Lipinski definition) is 5. The van der Waals surface area contributed by atoms with Crippen LogP contribution < -0.4 is 4.90 Å². The van der Waals surface area contributed by atoms with E-state index < -0.39 is 0 Å². The molecule has 1 fully saturated rings. The van der Waals surface area contributed by atoms with Gasteiger partial charge in [0.2, 0.25) is 5.69 Å². The Bertz CT molecular complexity index is 759. The minimum absolute atomic E-state index is 0.147. The van der Waals surface area contributed by atoms with Crippen molar-refractivity contribution in [2.45, 2.75) is 45.6 Å². The molecule has 1 aromatic carbocycles. The number of aliphatic hydroxyl groups is 1. The van der Waals surface area contributed by atoms with E-state index in [1.807, 2.05) is 19.1 Å². The fourth-order valence-electron chi connectivity index (χ4n) is 3.35. The van der Waals surface area contributed by atoms with E-state index >= 15 is 0 Å². The molecule has 1 saturated heterocycles. The van der Waals surface area contributed by atoms with E-state index in [0.29, 0.717) is 17.9 Å². The summed E-state index contributed by atoms with van der Waals surface area (Å²) in [5.74, 6) is 0.636. The number of aromatic nitrogens is 3. The van der Waals surface area contributed by atoms with Crippen LogP contribution in [0.5, 0.6) is 0 Å². The number of rotatable bonds is 4. The molecule has 0 spiro atoms. The topological polar surface area (TPSA) is 78.0 Å². The third-order valence-electron chi connectivity index (χ3n) is 4.85. The van der Waals surface area contributed by atoms with Crippen LogP contribution in [-0.2, 0) is 0 Å². The zero-order chi connectivity index (χ0) is 17.1. The van der Waals surface area contributed by atoms with Crippen molar-refractivity contribution in [3.05, 3.63) is 35.0 Å². The van der Waals surface area contributed by atoms with Crippen LogP contribution in [0.2, 0.25) is 0 Å². The Labute approximate surface area is 142 Å². The van der Waals surface area contributed by atoms with Gasteiger partial charge in [-0.3, -0.25) is 0 Å². The number of benzene rings is 1. The predicted molar refractivity (Wildman–Crippen MR) is 92.2 cm³/mol. The van der Waals surface area contributed by atoms with Crippen molar-refractivity contribution in [1.29, 1.82) is 5.26 Å². The second kappa shape index (κ2) is 7.02. The normalized spacial score (nSPS) is 17.8. The molecule has 1 atom stereocenters. The number of nitriles is 1. The Kier molecular flexibility index (Phi) is 4.81. The average Bonchev–Trinajstić information content (AvgIpc) is 3.02. The lowest BCUT2D eigenvalue weighted by atomic mass is 9.99. The first-order chi connectivity index (χ1) is 11.7.